The van der Waals surface area contributed by atoms with Crippen LogP contribution in [-0.4, -0.2) is 31.3 Å². The molecule has 1 N–H and O–H groups in total. The van der Waals surface area contributed by atoms with Gasteiger partial charge < -0.3 is 15.0 Å². The van der Waals surface area contributed by atoms with Gasteiger partial charge in [-0.2, -0.15) is 0 Å². The first kappa shape index (κ1) is 13.5. The number of para-hydroxylation sites is 1. The van der Waals surface area contributed by atoms with Crippen LogP contribution in [0.5, 0.6) is 0 Å². The lowest BCUT2D eigenvalue weighted by atomic mass is 10.2. The van der Waals surface area contributed by atoms with Crippen molar-refractivity contribution in [3.05, 3.63) is 48.5 Å². The number of nitrogens with zero attached hydrogens (tertiary/aromatic N) is 2. The Hall–Kier alpha value is -2.11. The third kappa shape index (κ3) is 2.77. The lowest BCUT2D eigenvalue weighted by Gasteiger charge is -2.28. The highest BCUT2D eigenvalue weighted by Gasteiger charge is 2.12. The number of aromatic nitrogens is 1. The summed E-state index contributed by atoms with van der Waals surface area (Å²) in [5.41, 5.74) is 3.36. The molecule has 4 nitrogen and oxygen atoms in total. The zero-order valence-corrected chi connectivity index (χ0v) is 13.0. The van der Waals surface area contributed by atoms with Crippen LogP contribution in [0.25, 0.3) is 10.2 Å². The lowest BCUT2D eigenvalue weighted by molar-refractivity contribution is 0.122. The highest BCUT2D eigenvalue weighted by molar-refractivity contribution is 7.22. The molecular weight excluding hydrogens is 294 g/mol. The fourth-order valence-corrected chi connectivity index (χ4v) is 3.55. The summed E-state index contributed by atoms with van der Waals surface area (Å²) in [6.45, 7) is 3.53. The van der Waals surface area contributed by atoms with Gasteiger partial charge >= 0.3 is 0 Å². The van der Waals surface area contributed by atoms with Gasteiger partial charge in [0.05, 0.1) is 23.4 Å². The summed E-state index contributed by atoms with van der Waals surface area (Å²) in [7, 11) is 0. The van der Waals surface area contributed by atoms with Crippen LogP contribution in [0, 0.1) is 0 Å². The molecule has 0 radical (unpaired) electrons. The molecule has 0 bridgehead atoms. The Morgan fingerprint density at radius 2 is 1.86 bits per heavy atom. The maximum Gasteiger partial charge on any atom is 0.188 e. The van der Waals surface area contributed by atoms with E-state index in [4.69, 9.17) is 4.74 Å². The van der Waals surface area contributed by atoms with Gasteiger partial charge in [-0.05, 0) is 30.3 Å². The minimum absolute atomic E-state index is 0.807. The molecule has 22 heavy (non-hydrogen) atoms. The topological polar surface area (TPSA) is 37.4 Å². The third-order valence-electron chi connectivity index (χ3n) is 3.77. The number of morpholine rings is 1. The van der Waals surface area contributed by atoms with Crippen LogP contribution < -0.4 is 10.2 Å². The van der Waals surface area contributed by atoms with E-state index in [1.165, 1.54) is 10.4 Å². The minimum Gasteiger partial charge on any atom is -0.378 e. The van der Waals surface area contributed by atoms with Gasteiger partial charge in [0, 0.05) is 24.5 Å². The molecule has 0 amide bonds. The summed E-state index contributed by atoms with van der Waals surface area (Å²) in [6.07, 6.45) is 0. The van der Waals surface area contributed by atoms with E-state index in [0.29, 0.717) is 0 Å². The molecule has 1 aromatic heterocycles. The largest absolute Gasteiger partial charge is 0.378 e. The van der Waals surface area contributed by atoms with Crippen LogP contribution >= 0.6 is 11.3 Å². The molecule has 1 aliphatic rings. The van der Waals surface area contributed by atoms with E-state index in [-0.39, 0.29) is 0 Å². The average Bonchev–Trinajstić information content (AvgIpc) is 2.98. The van der Waals surface area contributed by atoms with Gasteiger partial charge in [-0.25, -0.2) is 4.98 Å². The Bertz CT molecular complexity index is 766. The van der Waals surface area contributed by atoms with Crippen LogP contribution in [0.1, 0.15) is 0 Å². The molecular formula is C17H17N3OS. The van der Waals surface area contributed by atoms with Gasteiger partial charge in [0.2, 0.25) is 0 Å². The van der Waals surface area contributed by atoms with Crippen molar-refractivity contribution in [2.45, 2.75) is 0 Å². The molecule has 112 valence electrons. The molecule has 0 saturated carbocycles. The number of benzene rings is 2. The first-order valence-corrected chi connectivity index (χ1v) is 8.25. The highest BCUT2D eigenvalue weighted by Crippen LogP contribution is 2.31. The average molecular weight is 311 g/mol. The maximum atomic E-state index is 5.42. The highest BCUT2D eigenvalue weighted by atomic mass is 32.1. The number of rotatable bonds is 3. The Labute approximate surface area is 133 Å². The number of fused-ring (bicyclic) bond motifs is 1. The molecule has 0 spiro atoms. The summed E-state index contributed by atoms with van der Waals surface area (Å²) < 4.78 is 6.63. The zero-order valence-electron chi connectivity index (χ0n) is 12.2. The van der Waals surface area contributed by atoms with Crippen molar-refractivity contribution < 1.29 is 4.74 Å². The molecule has 1 fully saturated rings. The van der Waals surface area contributed by atoms with Gasteiger partial charge in [0.15, 0.2) is 5.13 Å². The number of thiazole rings is 1. The van der Waals surface area contributed by atoms with E-state index in [1.807, 2.05) is 30.3 Å². The first-order chi connectivity index (χ1) is 10.9. The van der Waals surface area contributed by atoms with Gasteiger partial charge in [0.25, 0.3) is 0 Å². The van der Waals surface area contributed by atoms with Crippen LogP contribution in [-0.2, 0) is 4.74 Å². The van der Waals surface area contributed by atoms with E-state index >= 15 is 0 Å². The zero-order chi connectivity index (χ0) is 14.8. The van der Waals surface area contributed by atoms with Crippen molar-refractivity contribution in [2.75, 3.05) is 36.5 Å². The van der Waals surface area contributed by atoms with Crippen LogP contribution in [0.2, 0.25) is 0 Å². The Balaban J connectivity index is 1.60. The Morgan fingerprint density at radius 1 is 1.05 bits per heavy atom. The Morgan fingerprint density at radius 3 is 2.68 bits per heavy atom. The van der Waals surface area contributed by atoms with Crippen molar-refractivity contribution in [1.82, 2.24) is 4.98 Å². The number of hydrogen-bond acceptors (Lipinski definition) is 5. The monoisotopic (exact) mass is 311 g/mol. The molecule has 2 aromatic carbocycles. The second-order valence-electron chi connectivity index (χ2n) is 5.26. The van der Waals surface area contributed by atoms with Crippen molar-refractivity contribution in [2.24, 2.45) is 0 Å². The SMILES string of the molecule is c1ccc(Nc2nc3ccc(N4CCOCC4)cc3s2)cc1. The van der Waals surface area contributed by atoms with Gasteiger partial charge in [-0.1, -0.05) is 29.5 Å². The summed E-state index contributed by atoms with van der Waals surface area (Å²) in [5.74, 6) is 0. The quantitative estimate of drug-likeness (QED) is 0.796. The predicted octanol–water partition coefficient (Wildman–Crippen LogP) is 3.88. The van der Waals surface area contributed by atoms with Crippen molar-refractivity contribution in [3.63, 3.8) is 0 Å². The van der Waals surface area contributed by atoms with Gasteiger partial charge in [0.1, 0.15) is 0 Å². The molecule has 1 aliphatic heterocycles. The van der Waals surface area contributed by atoms with Crippen molar-refractivity contribution in [1.29, 1.82) is 0 Å². The molecule has 0 unspecified atom stereocenters. The molecule has 0 aliphatic carbocycles. The number of nitrogens with one attached hydrogen (secondary N) is 1. The molecule has 3 aromatic rings. The van der Waals surface area contributed by atoms with E-state index < -0.39 is 0 Å². The number of ether oxygens (including phenoxy) is 1. The normalized spacial score (nSPS) is 15.2. The lowest BCUT2D eigenvalue weighted by Crippen LogP contribution is -2.36. The molecule has 4 rings (SSSR count). The van der Waals surface area contributed by atoms with Crippen LogP contribution in [0.4, 0.5) is 16.5 Å². The predicted molar refractivity (Wildman–Crippen MR) is 92.4 cm³/mol. The Kier molecular flexibility index (Phi) is 3.66. The summed E-state index contributed by atoms with van der Waals surface area (Å²) in [4.78, 5) is 7.03. The van der Waals surface area contributed by atoms with Gasteiger partial charge in [-0.15, -0.1) is 0 Å². The van der Waals surface area contributed by atoms with Crippen LogP contribution in [0.15, 0.2) is 48.5 Å². The number of hydrogen-bond donors (Lipinski definition) is 1. The maximum absolute atomic E-state index is 5.42. The molecule has 1 saturated heterocycles. The first-order valence-electron chi connectivity index (χ1n) is 7.44. The molecule has 0 atom stereocenters. The second-order valence-corrected chi connectivity index (χ2v) is 6.29. The fourth-order valence-electron chi connectivity index (χ4n) is 2.63. The smallest absolute Gasteiger partial charge is 0.188 e. The second kappa shape index (κ2) is 5.94. The van der Waals surface area contributed by atoms with Gasteiger partial charge in [-0.3, -0.25) is 0 Å². The summed E-state index contributed by atoms with van der Waals surface area (Å²) in [6, 6.07) is 16.6. The van der Waals surface area contributed by atoms with E-state index in [1.54, 1.807) is 11.3 Å². The fraction of sp³-hybridized carbons (Fsp3) is 0.235. The van der Waals surface area contributed by atoms with Crippen LogP contribution in [0.3, 0.4) is 0 Å². The summed E-state index contributed by atoms with van der Waals surface area (Å²) in [5, 5.41) is 4.30. The van der Waals surface area contributed by atoms with Crippen molar-refractivity contribution in [3.8, 4) is 0 Å². The number of anilines is 3. The molecule has 5 heteroatoms. The summed E-state index contributed by atoms with van der Waals surface area (Å²) >= 11 is 1.69. The van der Waals surface area contributed by atoms with E-state index in [2.05, 4.69) is 33.4 Å². The third-order valence-corrected chi connectivity index (χ3v) is 4.71. The van der Waals surface area contributed by atoms with E-state index in [9.17, 15) is 0 Å². The van der Waals surface area contributed by atoms with E-state index in [0.717, 1.165) is 42.6 Å². The molecule has 2 heterocycles. The van der Waals surface area contributed by atoms with Crippen molar-refractivity contribution >= 4 is 38.1 Å². The minimum atomic E-state index is 0.807. The standard InChI is InChI=1S/C17H17N3OS/c1-2-4-13(5-3-1)18-17-19-15-7-6-14(12-16(15)22-17)20-8-10-21-11-9-20/h1-7,12H,8-11H2,(H,18,19).